The summed E-state index contributed by atoms with van der Waals surface area (Å²) in [6, 6.07) is 1.04. The molecule has 134 valence electrons. The van der Waals surface area contributed by atoms with Crippen LogP contribution < -0.4 is 5.32 Å². The van der Waals surface area contributed by atoms with E-state index >= 15 is 0 Å². The third kappa shape index (κ3) is 3.97. The number of carbonyl (C=O) groups is 3. The van der Waals surface area contributed by atoms with Crippen LogP contribution in [0.1, 0.15) is 20.8 Å². The first kappa shape index (κ1) is 18.5. The highest BCUT2D eigenvalue weighted by atomic mass is 16.6. The van der Waals surface area contributed by atoms with Gasteiger partial charge >= 0.3 is 12.1 Å². The highest BCUT2D eigenvalue weighted by molar-refractivity contribution is 5.99. The van der Waals surface area contributed by atoms with E-state index in [-0.39, 0.29) is 31.0 Å². The first-order valence-corrected chi connectivity index (χ1v) is 7.67. The molecule has 9 nitrogen and oxygen atoms in total. The number of nitriles is 1. The molecule has 0 saturated carbocycles. The van der Waals surface area contributed by atoms with Crippen molar-refractivity contribution in [3.63, 3.8) is 0 Å². The van der Waals surface area contributed by atoms with E-state index in [1.807, 2.05) is 6.07 Å². The normalized spacial score (nSPS) is 20.2. The third-order valence-corrected chi connectivity index (χ3v) is 3.37. The molecule has 0 unspecified atom stereocenters. The zero-order chi connectivity index (χ0) is 18.8. The molecule has 2 heterocycles. The van der Waals surface area contributed by atoms with Crippen molar-refractivity contribution in [1.29, 1.82) is 5.26 Å². The lowest BCUT2D eigenvalue weighted by molar-refractivity contribution is -0.146. The van der Waals surface area contributed by atoms with E-state index in [0.717, 1.165) is 5.01 Å². The summed E-state index contributed by atoms with van der Waals surface area (Å²) in [6.07, 6.45) is 0.657. The number of amides is 2. The van der Waals surface area contributed by atoms with E-state index in [9.17, 15) is 19.6 Å². The fraction of sp³-hybridized carbons (Fsp3) is 0.500. The van der Waals surface area contributed by atoms with Gasteiger partial charge in [-0.3, -0.25) is 4.79 Å². The summed E-state index contributed by atoms with van der Waals surface area (Å²) in [5.74, 6) is -1.31. The number of rotatable bonds is 4. The molecule has 0 aliphatic carbocycles. The molecule has 0 radical (unpaired) electrons. The molecule has 25 heavy (non-hydrogen) atoms. The van der Waals surface area contributed by atoms with Crippen LogP contribution >= 0.6 is 0 Å². The van der Waals surface area contributed by atoms with Gasteiger partial charge in [-0.2, -0.15) is 5.26 Å². The lowest BCUT2D eigenvalue weighted by Gasteiger charge is -2.21. The van der Waals surface area contributed by atoms with Gasteiger partial charge in [0.25, 0.3) is 5.91 Å². The van der Waals surface area contributed by atoms with Crippen LogP contribution in [0.2, 0.25) is 0 Å². The van der Waals surface area contributed by atoms with E-state index < -0.39 is 29.6 Å². The number of fused-ring (bicyclic) bond motifs is 1. The van der Waals surface area contributed by atoms with Gasteiger partial charge in [0.1, 0.15) is 18.2 Å². The number of carbonyl (C=O) groups excluding carboxylic acids is 3. The summed E-state index contributed by atoms with van der Waals surface area (Å²) in [5.41, 5.74) is -0.684. The van der Waals surface area contributed by atoms with Crippen molar-refractivity contribution in [1.82, 2.24) is 15.3 Å². The number of nitrogens with zero attached hydrogens (tertiary/aromatic N) is 3. The molecule has 1 N–H and O–H groups in total. The van der Waals surface area contributed by atoms with E-state index in [1.54, 1.807) is 20.8 Å². The van der Waals surface area contributed by atoms with Crippen LogP contribution in [0, 0.1) is 11.3 Å². The lowest BCUT2D eigenvalue weighted by atomic mass is 10.2. The standard InChI is InChI=1S/C16H20N4O5/c1-5-6-24-14(22)12-10(7-17)8-19-9-11(13(21)20(12)19)18-15(23)25-16(2,3)4/h5,11H,1,6,8-9H2,2-4H3,(H,18,23)/t11-/m0/s1. The minimum atomic E-state index is -0.878. The van der Waals surface area contributed by atoms with Crippen LogP contribution in [0.5, 0.6) is 0 Å². The molecule has 0 aromatic rings. The fourth-order valence-corrected chi connectivity index (χ4v) is 2.49. The summed E-state index contributed by atoms with van der Waals surface area (Å²) in [6.45, 7) is 8.75. The zero-order valence-corrected chi connectivity index (χ0v) is 14.4. The molecule has 0 aromatic heterocycles. The molecule has 0 bridgehead atoms. The lowest BCUT2D eigenvalue weighted by Crippen LogP contribution is -2.45. The molecule has 2 amide bonds. The van der Waals surface area contributed by atoms with Crippen molar-refractivity contribution in [2.75, 3.05) is 19.7 Å². The molecule has 9 heteroatoms. The largest absolute Gasteiger partial charge is 0.457 e. The Hall–Kier alpha value is -2.86. The molecule has 1 saturated heterocycles. The van der Waals surface area contributed by atoms with Crippen LogP contribution in [-0.4, -0.2) is 59.3 Å². The minimum absolute atomic E-state index is 0.0390. The molecule has 1 atom stereocenters. The molecule has 2 rings (SSSR count). The Bertz CT molecular complexity index is 686. The molecule has 0 aromatic carbocycles. The highest BCUT2D eigenvalue weighted by Gasteiger charge is 2.48. The van der Waals surface area contributed by atoms with Crippen molar-refractivity contribution in [3.05, 3.63) is 23.9 Å². The van der Waals surface area contributed by atoms with Gasteiger partial charge in [0.2, 0.25) is 0 Å². The molecular weight excluding hydrogens is 328 g/mol. The van der Waals surface area contributed by atoms with Crippen LogP contribution in [-0.2, 0) is 19.1 Å². The maximum absolute atomic E-state index is 12.6. The Labute approximate surface area is 145 Å². The Morgan fingerprint density at radius 3 is 2.72 bits per heavy atom. The predicted octanol–water partition coefficient (Wildman–Crippen LogP) is 0.459. The fourth-order valence-electron chi connectivity index (χ4n) is 2.49. The second-order valence-corrected chi connectivity index (χ2v) is 6.52. The van der Waals surface area contributed by atoms with Crippen LogP contribution in [0.4, 0.5) is 4.79 Å². The SMILES string of the molecule is C=CCOC(=O)C1=C(C#N)CN2C[C@H](NC(=O)OC(C)(C)C)C(=O)N12. The Kier molecular flexibility index (Phi) is 5.13. The highest BCUT2D eigenvalue weighted by Crippen LogP contribution is 2.29. The Balaban J connectivity index is 2.13. The van der Waals surface area contributed by atoms with Gasteiger partial charge in [-0.25, -0.2) is 19.6 Å². The molecule has 2 aliphatic heterocycles. The van der Waals surface area contributed by atoms with Gasteiger partial charge < -0.3 is 14.8 Å². The van der Waals surface area contributed by atoms with Crippen LogP contribution in [0.25, 0.3) is 0 Å². The summed E-state index contributed by atoms with van der Waals surface area (Å²) in [5, 5.41) is 14.3. The number of hydrazine groups is 1. The van der Waals surface area contributed by atoms with E-state index in [2.05, 4.69) is 11.9 Å². The molecule has 1 fully saturated rings. The topological polar surface area (TPSA) is 112 Å². The van der Waals surface area contributed by atoms with Gasteiger partial charge in [0.15, 0.2) is 5.70 Å². The third-order valence-electron chi connectivity index (χ3n) is 3.37. The molecule has 0 spiro atoms. The summed E-state index contributed by atoms with van der Waals surface area (Å²) in [7, 11) is 0. The second-order valence-electron chi connectivity index (χ2n) is 6.52. The van der Waals surface area contributed by atoms with E-state index in [1.165, 1.54) is 11.1 Å². The van der Waals surface area contributed by atoms with Gasteiger partial charge in [-0.05, 0) is 20.8 Å². The van der Waals surface area contributed by atoms with E-state index in [4.69, 9.17) is 9.47 Å². The number of ether oxygens (including phenoxy) is 2. The van der Waals surface area contributed by atoms with Crippen molar-refractivity contribution in [3.8, 4) is 6.07 Å². The van der Waals surface area contributed by atoms with Gasteiger partial charge in [0, 0.05) is 6.54 Å². The Morgan fingerprint density at radius 2 is 2.16 bits per heavy atom. The van der Waals surface area contributed by atoms with E-state index in [0.29, 0.717) is 0 Å². The quantitative estimate of drug-likeness (QED) is 0.580. The summed E-state index contributed by atoms with van der Waals surface area (Å²) >= 11 is 0. The number of esters is 1. The minimum Gasteiger partial charge on any atom is -0.457 e. The maximum Gasteiger partial charge on any atom is 0.408 e. The first-order chi connectivity index (χ1) is 11.7. The smallest absolute Gasteiger partial charge is 0.408 e. The number of hydrogen-bond acceptors (Lipinski definition) is 7. The summed E-state index contributed by atoms with van der Waals surface area (Å²) in [4.78, 5) is 36.6. The van der Waals surface area contributed by atoms with Gasteiger partial charge in [-0.1, -0.05) is 12.7 Å². The van der Waals surface area contributed by atoms with Crippen molar-refractivity contribution in [2.24, 2.45) is 0 Å². The zero-order valence-electron chi connectivity index (χ0n) is 14.4. The number of hydrogen-bond donors (Lipinski definition) is 1. The summed E-state index contributed by atoms with van der Waals surface area (Å²) < 4.78 is 10.1. The van der Waals surface area contributed by atoms with Crippen molar-refractivity contribution < 1.29 is 23.9 Å². The second kappa shape index (κ2) is 6.94. The molecule has 2 aliphatic rings. The van der Waals surface area contributed by atoms with Crippen LogP contribution in [0.3, 0.4) is 0 Å². The first-order valence-electron chi connectivity index (χ1n) is 7.67. The average molecular weight is 348 g/mol. The molecular formula is C16H20N4O5. The predicted molar refractivity (Wildman–Crippen MR) is 85.4 cm³/mol. The maximum atomic E-state index is 12.6. The monoisotopic (exact) mass is 348 g/mol. The van der Waals surface area contributed by atoms with Crippen LogP contribution in [0.15, 0.2) is 23.9 Å². The van der Waals surface area contributed by atoms with Gasteiger partial charge in [0.05, 0.1) is 18.2 Å². The Morgan fingerprint density at radius 1 is 1.48 bits per heavy atom. The van der Waals surface area contributed by atoms with Gasteiger partial charge in [-0.15, -0.1) is 0 Å². The number of alkyl carbamates (subject to hydrolysis) is 1. The number of nitrogens with one attached hydrogen (secondary N) is 1. The van der Waals surface area contributed by atoms with Crippen molar-refractivity contribution >= 4 is 18.0 Å². The van der Waals surface area contributed by atoms with Crippen molar-refractivity contribution in [2.45, 2.75) is 32.4 Å². The average Bonchev–Trinajstić information content (AvgIpc) is 3.00.